The van der Waals surface area contributed by atoms with Gasteiger partial charge < -0.3 is 20.6 Å². The second kappa shape index (κ2) is 11.6. The SMILES string of the molecule is CN[C@H](C(=O)N[C@H](C(=O)N(C)[C@@H](C=C(C)C(=O)O)C(C)C)C(C)(C)C)C(C)(C)c1ccccc1. The lowest BCUT2D eigenvalue weighted by Gasteiger charge is -2.39. The van der Waals surface area contributed by atoms with Crippen LogP contribution in [-0.2, 0) is 19.8 Å². The van der Waals surface area contributed by atoms with E-state index in [1.165, 1.54) is 6.92 Å². The van der Waals surface area contributed by atoms with Gasteiger partial charge in [-0.3, -0.25) is 9.59 Å². The summed E-state index contributed by atoms with van der Waals surface area (Å²) in [6.45, 7) is 15.1. The summed E-state index contributed by atoms with van der Waals surface area (Å²) in [6.07, 6.45) is 1.60. The van der Waals surface area contributed by atoms with Gasteiger partial charge in [0.25, 0.3) is 0 Å². The molecule has 7 heteroatoms. The van der Waals surface area contributed by atoms with Gasteiger partial charge in [-0.15, -0.1) is 0 Å². The number of benzene rings is 1. The topological polar surface area (TPSA) is 98.7 Å². The average molecular weight is 474 g/mol. The predicted molar refractivity (Wildman–Crippen MR) is 136 cm³/mol. The number of hydrogen-bond acceptors (Lipinski definition) is 4. The van der Waals surface area contributed by atoms with Crippen LogP contribution in [0, 0.1) is 11.3 Å². The molecule has 0 heterocycles. The van der Waals surface area contributed by atoms with Crippen LogP contribution in [0.4, 0.5) is 0 Å². The number of carbonyl (C=O) groups excluding carboxylic acids is 2. The molecule has 190 valence electrons. The van der Waals surface area contributed by atoms with E-state index in [1.54, 1.807) is 25.1 Å². The summed E-state index contributed by atoms with van der Waals surface area (Å²) in [7, 11) is 3.40. The lowest BCUT2D eigenvalue weighted by atomic mass is 9.76. The molecule has 0 aliphatic heterocycles. The van der Waals surface area contributed by atoms with Gasteiger partial charge in [0.15, 0.2) is 0 Å². The van der Waals surface area contributed by atoms with Crippen LogP contribution in [0.5, 0.6) is 0 Å². The van der Waals surface area contributed by atoms with E-state index in [0.29, 0.717) is 0 Å². The molecule has 0 aliphatic rings. The second-order valence-electron chi connectivity index (χ2n) is 11.0. The van der Waals surface area contributed by atoms with Crippen molar-refractivity contribution in [3.63, 3.8) is 0 Å². The van der Waals surface area contributed by atoms with Crippen molar-refractivity contribution in [1.29, 1.82) is 0 Å². The van der Waals surface area contributed by atoms with E-state index in [4.69, 9.17) is 0 Å². The van der Waals surface area contributed by atoms with Crippen LogP contribution in [0.1, 0.15) is 61.0 Å². The summed E-state index contributed by atoms with van der Waals surface area (Å²) in [6, 6.07) is 7.99. The maximum atomic E-state index is 13.7. The molecule has 0 saturated carbocycles. The fourth-order valence-electron chi connectivity index (χ4n) is 4.16. The van der Waals surface area contributed by atoms with Crippen molar-refractivity contribution in [3.8, 4) is 0 Å². The molecule has 0 bridgehead atoms. The van der Waals surface area contributed by atoms with Gasteiger partial charge in [0, 0.05) is 18.0 Å². The molecule has 1 aromatic rings. The standard InChI is InChI=1S/C27H43N3O4/c1-17(2)20(16-18(3)25(33)34)30(10)24(32)22(26(4,5)6)29-23(31)21(28-9)27(7,8)19-14-12-11-13-15-19/h11-17,20-22,28H,1-10H3,(H,29,31)(H,33,34)/t20-,21+,22+/m0/s1. The Balaban J connectivity index is 3.29. The number of nitrogens with zero attached hydrogens (tertiary/aromatic N) is 1. The Morgan fingerprint density at radius 1 is 1.00 bits per heavy atom. The maximum Gasteiger partial charge on any atom is 0.331 e. The molecule has 0 unspecified atom stereocenters. The summed E-state index contributed by atoms with van der Waals surface area (Å²) in [5.74, 6) is -1.56. The number of carboxylic acids is 1. The Morgan fingerprint density at radius 3 is 1.94 bits per heavy atom. The van der Waals surface area contributed by atoms with Crippen LogP contribution in [0.3, 0.4) is 0 Å². The smallest absolute Gasteiger partial charge is 0.331 e. The summed E-state index contributed by atoms with van der Waals surface area (Å²) >= 11 is 0. The number of rotatable bonds is 10. The summed E-state index contributed by atoms with van der Waals surface area (Å²) in [5.41, 5.74) is 0.0895. The number of hydrogen-bond donors (Lipinski definition) is 3. The molecule has 3 N–H and O–H groups in total. The van der Waals surface area contributed by atoms with Crippen molar-refractivity contribution >= 4 is 17.8 Å². The molecule has 3 atom stereocenters. The highest BCUT2D eigenvalue weighted by Gasteiger charge is 2.41. The van der Waals surface area contributed by atoms with Crippen molar-refractivity contribution in [2.45, 2.75) is 78.9 Å². The Hall–Kier alpha value is -2.67. The van der Waals surface area contributed by atoms with Crippen LogP contribution in [-0.4, -0.2) is 60.0 Å². The first-order valence-corrected chi connectivity index (χ1v) is 11.8. The zero-order valence-electron chi connectivity index (χ0n) is 22.4. The third-order valence-electron chi connectivity index (χ3n) is 6.43. The third-order valence-corrected chi connectivity index (χ3v) is 6.43. The van der Waals surface area contributed by atoms with Gasteiger partial charge in [-0.25, -0.2) is 4.79 Å². The van der Waals surface area contributed by atoms with E-state index in [9.17, 15) is 19.5 Å². The fraction of sp³-hybridized carbons (Fsp3) is 0.593. The van der Waals surface area contributed by atoms with Crippen LogP contribution in [0.2, 0.25) is 0 Å². The average Bonchev–Trinajstić information content (AvgIpc) is 2.74. The van der Waals surface area contributed by atoms with E-state index >= 15 is 0 Å². The zero-order valence-corrected chi connectivity index (χ0v) is 22.4. The van der Waals surface area contributed by atoms with Gasteiger partial charge in [0.2, 0.25) is 11.8 Å². The molecule has 0 aromatic heterocycles. The van der Waals surface area contributed by atoms with Crippen molar-refractivity contribution < 1.29 is 19.5 Å². The van der Waals surface area contributed by atoms with Crippen LogP contribution in [0.15, 0.2) is 42.0 Å². The van der Waals surface area contributed by atoms with Crippen LogP contribution < -0.4 is 10.6 Å². The number of likely N-dealkylation sites (N-methyl/N-ethyl adjacent to an activating group) is 2. The monoisotopic (exact) mass is 473 g/mol. The largest absolute Gasteiger partial charge is 0.478 e. The third kappa shape index (κ3) is 7.16. The van der Waals surface area contributed by atoms with Crippen molar-refractivity contribution in [2.24, 2.45) is 11.3 Å². The van der Waals surface area contributed by atoms with Gasteiger partial charge in [-0.2, -0.15) is 0 Å². The molecular weight excluding hydrogens is 430 g/mol. The molecule has 2 amide bonds. The van der Waals surface area contributed by atoms with Crippen molar-refractivity contribution in [3.05, 3.63) is 47.5 Å². The highest BCUT2D eigenvalue weighted by Crippen LogP contribution is 2.29. The minimum Gasteiger partial charge on any atom is -0.478 e. The number of carboxylic acid groups (broad SMARTS) is 1. The van der Waals surface area contributed by atoms with Gasteiger partial charge in [-0.05, 0) is 30.9 Å². The van der Waals surface area contributed by atoms with Gasteiger partial charge >= 0.3 is 5.97 Å². The molecule has 0 aliphatic carbocycles. The number of aliphatic carboxylic acids is 1. The van der Waals surface area contributed by atoms with E-state index in [1.807, 2.05) is 78.8 Å². The van der Waals surface area contributed by atoms with Crippen LogP contribution in [0.25, 0.3) is 0 Å². The number of amides is 2. The highest BCUT2D eigenvalue weighted by atomic mass is 16.4. The molecule has 7 nitrogen and oxygen atoms in total. The van der Waals surface area contributed by atoms with E-state index in [-0.39, 0.29) is 23.3 Å². The second-order valence-corrected chi connectivity index (χ2v) is 11.0. The molecule has 1 aromatic carbocycles. The molecule has 1 rings (SSSR count). The van der Waals surface area contributed by atoms with E-state index < -0.39 is 34.9 Å². The fourth-order valence-corrected chi connectivity index (χ4v) is 4.16. The minimum atomic E-state index is -1.02. The molecule has 0 saturated heterocycles. The maximum absolute atomic E-state index is 13.7. The van der Waals surface area contributed by atoms with Crippen molar-refractivity contribution in [1.82, 2.24) is 15.5 Å². The van der Waals surface area contributed by atoms with Gasteiger partial charge in [0.1, 0.15) is 6.04 Å². The molecule has 0 spiro atoms. The van der Waals surface area contributed by atoms with E-state index in [0.717, 1.165) is 5.56 Å². The Kier molecular flexibility index (Phi) is 10.1. The van der Waals surface area contributed by atoms with Gasteiger partial charge in [-0.1, -0.05) is 84.9 Å². The molecule has 0 radical (unpaired) electrons. The quantitative estimate of drug-likeness (QED) is 0.451. The first-order valence-electron chi connectivity index (χ1n) is 11.8. The zero-order chi connectivity index (χ0) is 26.4. The summed E-state index contributed by atoms with van der Waals surface area (Å²) < 4.78 is 0. The minimum absolute atomic E-state index is 0.0124. The first kappa shape index (κ1) is 29.4. The Morgan fingerprint density at radius 2 is 1.53 bits per heavy atom. The van der Waals surface area contributed by atoms with E-state index in [2.05, 4.69) is 10.6 Å². The Bertz CT molecular complexity index is 885. The lowest BCUT2D eigenvalue weighted by molar-refractivity contribution is -0.141. The van der Waals surface area contributed by atoms with Gasteiger partial charge in [0.05, 0.1) is 12.1 Å². The summed E-state index contributed by atoms with van der Waals surface area (Å²) in [5, 5.41) is 15.5. The normalized spacial score (nSPS) is 15.4. The first-order chi connectivity index (χ1) is 15.5. The summed E-state index contributed by atoms with van der Waals surface area (Å²) in [4.78, 5) is 40.1. The lowest BCUT2D eigenvalue weighted by Crippen LogP contribution is -2.61. The van der Waals surface area contributed by atoms with Crippen molar-refractivity contribution in [2.75, 3.05) is 14.1 Å². The van der Waals surface area contributed by atoms with Crippen LogP contribution >= 0.6 is 0 Å². The molecule has 34 heavy (non-hydrogen) atoms. The molecule has 0 fully saturated rings. The molecular formula is C27H43N3O4. The number of carbonyl (C=O) groups is 3. The Labute approximate surface area is 205 Å². The number of nitrogens with one attached hydrogen (secondary N) is 2. The highest BCUT2D eigenvalue weighted by molar-refractivity contribution is 5.91. The predicted octanol–water partition coefficient (Wildman–Crippen LogP) is 3.60.